The molecule has 2 atom stereocenters. The zero-order valence-electron chi connectivity index (χ0n) is 23.5. The molecule has 0 unspecified atom stereocenters. The highest BCUT2D eigenvalue weighted by Gasteiger charge is 2.36. The summed E-state index contributed by atoms with van der Waals surface area (Å²) in [5, 5.41) is 3.46. The number of nitrogens with zero attached hydrogens (tertiary/aromatic N) is 4. The summed E-state index contributed by atoms with van der Waals surface area (Å²) in [5.74, 6) is 0.747. The van der Waals surface area contributed by atoms with E-state index in [0.29, 0.717) is 70.7 Å². The van der Waals surface area contributed by atoms with E-state index in [1.807, 2.05) is 34.1 Å². The van der Waals surface area contributed by atoms with Gasteiger partial charge in [-0.15, -0.1) is 24.8 Å². The number of imidazole rings is 1. The summed E-state index contributed by atoms with van der Waals surface area (Å²) < 4.78 is 12.8. The molecule has 0 saturated carbocycles. The van der Waals surface area contributed by atoms with Gasteiger partial charge in [0.25, 0.3) is 5.91 Å². The minimum atomic E-state index is -0.146. The SMILES string of the molecule is COCCCCn1c(C(=O)N(CC(C)C)[C@@H]2CNC[C@H](C(=O)N3CCCOCC3)C2)nc2ccccc21.Cl.Cl. The van der Waals surface area contributed by atoms with E-state index >= 15 is 0 Å². The molecule has 0 bridgehead atoms. The highest BCUT2D eigenvalue weighted by atomic mass is 35.5. The van der Waals surface area contributed by atoms with Crippen LogP contribution in [-0.2, 0) is 20.8 Å². The van der Waals surface area contributed by atoms with Crippen LogP contribution in [0.4, 0.5) is 0 Å². The van der Waals surface area contributed by atoms with Gasteiger partial charge in [0, 0.05) is 65.6 Å². The molecule has 2 aliphatic heterocycles. The molecule has 1 N–H and O–H groups in total. The van der Waals surface area contributed by atoms with Crippen molar-refractivity contribution in [1.82, 2.24) is 24.7 Å². The molecule has 0 aliphatic carbocycles. The maximum atomic E-state index is 14.2. The van der Waals surface area contributed by atoms with Crippen LogP contribution in [0.2, 0.25) is 0 Å². The van der Waals surface area contributed by atoms with Crippen molar-refractivity contribution in [3.05, 3.63) is 30.1 Å². The van der Waals surface area contributed by atoms with Gasteiger partial charge in [-0.2, -0.15) is 0 Å². The number of hydrogen-bond acceptors (Lipinski definition) is 6. The highest BCUT2D eigenvalue weighted by molar-refractivity contribution is 5.95. The van der Waals surface area contributed by atoms with Gasteiger partial charge in [0.05, 0.1) is 23.6 Å². The summed E-state index contributed by atoms with van der Waals surface area (Å²) in [6.45, 7) is 10.3. The van der Waals surface area contributed by atoms with Gasteiger partial charge in [-0.3, -0.25) is 9.59 Å². The van der Waals surface area contributed by atoms with E-state index in [4.69, 9.17) is 14.5 Å². The number of methoxy groups -OCH3 is 1. The summed E-state index contributed by atoms with van der Waals surface area (Å²) >= 11 is 0. The van der Waals surface area contributed by atoms with Gasteiger partial charge in [0.1, 0.15) is 0 Å². The van der Waals surface area contributed by atoms with Crippen LogP contribution in [0.15, 0.2) is 24.3 Å². The van der Waals surface area contributed by atoms with Crippen molar-refractivity contribution in [2.45, 2.75) is 52.1 Å². The molecule has 2 saturated heterocycles. The second kappa shape index (κ2) is 16.4. The molecular weight excluding hydrogens is 541 g/mol. The third-order valence-electron chi connectivity index (χ3n) is 7.30. The number of ether oxygens (including phenoxy) is 2. The Morgan fingerprint density at radius 3 is 2.72 bits per heavy atom. The number of hydrogen-bond donors (Lipinski definition) is 1. The van der Waals surface area contributed by atoms with E-state index in [1.54, 1.807) is 7.11 Å². The Morgan fingerprint density at radius 1 is 1.15 bits per heavy atom. The van der Waals surface area contributed by atoms with Crippen LogP contribution >= 0.6 is 24.8 Å². The summed E-state index contributed by atoms with van der Waals surface area (Å²) in [6.07, 6.45) is 3.35. The first-order valence-corrected chi connectivity index (χ1v) is 13.8. The Morgan fingerprint density at radius 2 is 1.95 bits per heavy atom. The van der Waals surface area contributed by atoms with E-state index in [-0.39, 0.29) is 48.6 Å². The standard InChI is InChI=1S/C28H43N5O4.2ClH/c1-21(2)20-33(23-17-22(18-29-19-23)27(34)31-11-8-15-37-16-13-31)28(35)26-30-24-9-4-5-10-25(24)32(26)12-6-7-14-36-3;;/h4-5,9-10,21-23,29H,6-8,11-20H2,1-3H3;2*1H/t22-,23+;;/m1../s1. The number of para-hydroxylation sites is 2. The highest BCUT2D eigenvalue weighted by Crippen LogP contribution is 2.24. The lowest BCUT2D eigenvalue weighted by atomic mass is 9.92. The van der Waals surface area contributed by atoms with Crippen LogP contribution < -0.4 is 5.32 Å². The molecule has 9 nitrogen and oxygen atoms in total. The molecule has 0 radical (unpaired) electrons. The van der Waals surface area contributed by atoms with Crippen LogP contribution in [0.25, 0.3) is 11.0 Å². The molecule has 2 aliphatic rings. The topological polar surface area (TPSA) is 88.9 Å². The number of aryl methyl sites for hydroxylation is 1. The summed E-state index contributed by atoms with van der Waals surface area (Å²) in [7, 11) is 1.71. The smallest absolute Gasteiger partial charge is 0.290 e. The number of nitrogens with one attached hydrogen (secondary N) is 1. The number of carbonyl (C=O) groups is 2. The molecule has 39 heavy (non-hydrogen) atoms. The molecule has 4 rings (SSSR count). The van der Waals surface area contributed by atoms with E-state index in [9.17, 15) is 9.59 Å². The third kappa shape index (κ3) is 8.54. The monoisotopic (exact) mass is 585 g/mol. The fraction of sp³-hybridized carbons (Fsp3) is 0.679. The molecule has 1 aromatic heterocycles. The van der Waals surface area contributed by atoms with Crippen LogP contribution in [0.1, 0.15) is 50.1 Å². The molecule has 220 valence electrons. The number of unbranched alkanes of at least 4 members (excludes halogenated alkanes) is 1. The molecule has 2 amide bonds. The summed E-state index contributed by atoms with van der Waals surface area (Å²) in [6, 6.07) is 7.88. The first kappa shape index (κ1) is 33.3. The number of piperidine rings is 1. The molecule has 1 aromatic carbocycles. The number of aromatic nitrogens is 2. The number of rotatable bonds is 10. The van der Waals surface area contributed by atoms with Gasteiger partial charge >= 0.3 is 0 Å². The lowest BCUT2D eigenvalue weighted by Gasteiger charge is -2.39. The van der Waals surface area contributed by atoms with Crippen LogP contribution in [0.5, 0.6) is 0 Å². The minimum Gasteiger partial charge on any atom is -0.385 e. The average molecular weight is 587 g/mol. The second-order valence-corrected chi connectivity index (χ2v) is 10.7. The van der Waals surface area contributed by atoms with E-state index < -0.39 is 0 Å². The minimum absolute atomic E-state index is 0. The van der Waals surface area contributed by atoms with Crippen LogP contribution in [-0.4, -0.2) is 96.9 Å². The largest absolute Gasteiger partial charge is 0.385 e. The van der Waals surface area contributed by atoms with Crippen molar-refractivity contribution in [1.29, 1.82) is 0 Å². The first-order valence-electron chi connectivity index (χ1n) is 13.8. The van der Waals surface area contributed by atoms with E-state index in [1.165, 1.54) is 0 Å². The number of amides is 2. The summed E-state index contributed by atoms with van der Waals surface area (Å²) in [4.78, 5) is 36.3. The number of fused-ring (bicyclic) bond motifs is 1. The van der Waals surface area contributed by atoms with Gasteiger partial charge in [-0.1, -0.05) is 26.0 Å². The zero-order chi connectivity index (χ0) is 26.2. The predicted octanol–water partition coefficient (Wildman–Crippen LogP) is 3.63. The normalized spacial score (nSPS) is 19.7. The van der Waals surface area contributed by atoms with Gasteiger partial charge in [0.2, 0.25) is 5.91 Å². The maximum absolute atomic E-state index is 14.2. The Kier molecular flexibility index (Phi) is 14.0. The van der Waals surface area contributed by atoms with Crippen molar-refractivity contribution in [2.24, 2.45) is 11.8 Å². The number of carbonyl (C=O) groups excluding carboxylic acids is 2. The number of benzene rings is 1. The van der Waals surface area contributed by atoms with E-state index in [0.717, 1.165) is 36.8 Å². The Labute approximate surface area is 244 Å². The van der Waals surface area contributed by atoms with Crippen molar-refractivity contribution < 1.29 is 19.1 Å². The van der Waals surface area contributed by atoms with Crippen molar-refractivity contribution in [3.8, 4) is 0 Å². The average Bonchev–Trinajstić information content (AvgIpc) is 3.07. The third-order valence-corrected chi connectivity index (χ3v) is 7.30. The molecule has 2 aromatic rings. The molecule has 3 heterocycles. The Balaban J connectivity index is 0.00000267. The van der Waals surface area contributed by atoms with Crippen LogP contribution in [0, 0.1) is 11.8 Å². The van der Waals surface area contributed by atoms with E-state index in [2.05, 4.69) is 23.7 Å². The molecule has 2 fully saturated rings. The lowest BCUT2D eigenvalue weighted by molar-refractivity contribution is -0.136. The quantitative estimate of drug-likeness (QED) is 0.428. The molecular formula is C28H45Cl2N5O4. The molecule has 0 spiro atoms. The first-order chi connectivity index (χ1) is 18.0. The van der Waals surface area contributed by atoms with Crippen molar-refractivity contribution in [2.75, 3.05) is 59.7 Å². The van der Waals surface area contributed by atoms with Gasteiger partial charge in [0.15, 0.2) is 5.82 Å². The Hall–Kier alpha value is -1.91. The fourth-order valence-electron chi connectivity index (χ4n) is 5.47. The van der Waals surface area contributed by atoms with Gasteiger partial charge < -0.3 is 29.2 Å². The molecule has 11 heteroatoms. The van der Waals surface area contributed by atoms with Crippen molar-refractivity contribution >= 4 is 47.7 Å². The fourth-order valence-corrected chi connectivity index (χ4v) is 5.47. The summed E-state index contributed by atoms with van der Waals surface area (Å²) in [5.41, 5.74) is 1.81. The second-order valence-electron chi connectivity index (χ2n) is 10.7. The zero-order valence-corrected chi connectivity index (χ0v) is 25.1. The predicted molar refractivity (Wildman–Crippen MR) is 158 cm³/mol. The van der Waals surface area contributed by atoms with Crippen LogP contribution in [0.3, 0.4) is 0 Å². The van der Waals surface area contributed by atoms with Gasteiger partial charge in [-0.25, -0.2) is 4.98 Å². The lowest BCUT2D eigenvalue weighted by Crippen LogP contribution is -2.55. The maximum Gasteiger partial charge on any atom is 0.290 e. The number of halogens is 2. The van der Waals surface area contributed by atoms with Crippen molar-refractivity contribution in [3.63, 3.8) is 0 Å². The Bertz CT molecular complexity index is 1040. The van der Waals surface area contributed by atoms with Gasteiger partial charge in [-0.05, 0) is 43.7 Å².